The fourth-order valence-electron chi connectivity index (χ4n) is 0.997. The van der Waals surface area contributed by atoms with E-state index in [4.69, 9.17) is 5.11 Å². The average Bonchev–Trinajstić information content (AvgIpc) is 2.09. The lowest BCUT2D eigenvalue weighted by Gasteiger charge is -2.03. The maximum absolute atomic E-state index is 12.7. The van der Waals surface area contributed by atoms with Gasteiger partial charge in [0.15, 0.2) is 11.6 Å². The summed E-state index contributed by atoms with van der Waals surface area (Å²) < 4.78 is 25.8. The highest BCUT2D eigenvalue weighted by Gasteiger charge is 2.09. The minimum atomic E-state index is -0.971. The predicted octanol–water partition coefficient (Wildman–Crippen LogP) is 2.74. The smallest absolute Gasteiger partial charge is 0.303 e. The molecule has 0 spiro atoms. The van der Waals surface area contributed by atoms with Gasteiger partial charge in [0.1, 0.15) is 0 Å². The summed E-state index contributed by atoms with van der Waals surface area (Å²) in [5.41, 5.74) is 0.450. The van der Waals surface area contributed by atoms with E-state index < -0.39 is 17.6 Å². The van der Waals surface area contributed by atoms with Crippen LogP contribution in [-0.2, 0) is 11.2 Å². The molecule has 0 aromatic heterocycles. The van der Waals surface area contributed by atoms with Gasteiger partial charge < -0.3 is 5.11 Å². The molecule has 2 nitrogen and oxygen atoms in total. The van der Waals surface area contributed by atoms with E-state index in [1.165, 1.54) is 0 Å². The van der Waals surface area contributed by atoms with E-state index in [1.54, 1.807) is 0 Å². The molecular formula is C9H7BrF2O2. The summed E-state index contributed by atoms with van der Waals surface area (Å²) >= 11 is 3.03. The Hall–Kier alpha value is -0.970. The van der Waals surface area contributed by atoms with Crippen molar-refractivity contribution in [2.24, 2.45) is 0 Å². The van der Waals surface area contributed by atoms with Gasteiger partial charge in [0.25, 0.3) is 0 Å². The van der Waals surface area contributed by atoms with E-state index in [-0.39, 0.29) is 12.8 Å². The molecule has 0 aliphatic carbocycles. The molecule has 0 aliphatic rings. The van der Waals surface area contributed by atoms with Crippen LogP contribution >= 0.6 is 15.9 Å². The van der Waals surface area contributed by atoms with Gasteiger partial charge in [0.05, 0.1) is 0 Å². The molecule has 0 saturated heterocycles. The number of carbonyl (C=O) groups is 1. The van der Waals surface area contributed by atoms with Gasteiger partial charge in [-0.05, 0) is 24.1 Å². The van der Waals surface area contributed by atoms with Crippen LogP contribution < -0.4 is 0 Å². The van der Waals surface area contributed by atoms with Crippen LogP contribution in [0.4, 0.5) is 8.78 Å². The summed E-state index contributed by atoms with van der Waals surface area (Å²) in [5.74, 6) is -2.88. The topological polar surface area (TPSA) is 37.3 Å². The second kappa shape index (κ2) is 4.50. The predicted molar refractivity (Wildman–Crippen MR) is 50.0 cm³/mol. The van der Waals surface area contributed by atoms with Crippen LogP contribution in [0.25, 0.3) is 0 Å². The van der Waals surface area contributed by atoms with Gasteiger partial charge in [-0.15, -0.1) is 0 Å². The monoisotopic (exact) mass is 264 g/mol. The zero-order chi connectivity index (χ0) is 10.7. The number of aryl methyl sites for hydroxylation is 1. The van der Waals surface area contributed by atoms with E-state index in [2.05, 4.69) is 15.9 Å². The minimum absolute atomic E-state index is 0.107. The van der Waals surface area contributed by atoms with Crippen molar-refractivity contribution < 1.29 is 18.7 Å². The van der Waals surface area contributed by atoms with E-state index in [0.717, 1.165) is 12.1 Å². The molecule has 0 amide bonds. The molecule has 0 aliphatic heterocycles. The largest absolute Gasteiger partial charge is 0.481 e. The third-order valence-electron chi connectivity index (χ3n) is 1.70. The van der Waals surface area contributed by atoms with E-state index >= 15 is 0 Å². The first-order chi connectivity index (χ1) is 6.50. The number of carboxylic acids is 1. The molecule has 0 saturated carbocycles. The molecule has 0 fully saturated rings. The van der Waals surface area contributed by atoms with E-state index in [0.29, 0.717) is 10.0 Å². The number of hydrogen-bond acceptors (Lipinski definition) is 1. The fourth-order valence-corrected chi connectivity index (χ4v) is 1.51. The lowest BCUT2D eigenvalue weighted by molar-refractivity contribution is -0.136. The van der Waals surface area contributed by atoms with Crippen molar-refractivity contribution in [3.63, 3.8) is 0 Å². The average molecular weight is 265 g/mol. The molecular weight excluding hydrogens is 258 g/mol. The second-order valence-corrected chi connectivity index (χ2v) is 3.61. The lowest BCUT2D eigenvalue weighted by Crippen LogP contribution is -1.99. The summed E-state index contributed by atoms with van der Waals surface area (Å²) in [7, 11) is 0. The zero-order valence-corrected chi connectivity index (χ0v) is 8.64. The first kappa shape index (κ1) is 11.1. The van der Waals surface area contributed by atoms with Crippen LogP contribution in [0.1, 0.15) is 12.0 Å². The van der Waals surface area contributed by atoms with Crippen LogP contribution in [0.15, 0.2) is 16.6 Å². The maximum Gasteiger partial charge on any atom is 0.303 e. The van der Waals surface area contributed by atoms with Crippen LogP contribution in [0, 0.1) is 11.6 Å². The fraction of sp³-hybridized carbons (Fsp3) is 0.222. The molecule has 1 aromatic carbocycles. The van der Waals surface area contributed by atoms with Gasteiger partial charge in [-0.3, -0.25) is 4.79 Å². The number of rotatable bonds is 3. The van der Waals surface area contributed by atoms with Crippen molar-refractivity contribution >= 4 is 21.9 Å². The first-order valence-electron chi connectivity index (χ1n) is 3.86. The third kappa shape index (κ3) is 2.77. The van der Waals surface area contributed by atoms with Gasteiger partial charge in [-0.25, -0.2) is 8.78 Å². The molecule has 76 valence electrons. The van der Waals surface area contributed by atoms with Crippen LogP contribution in [-0.4, -0.2) is 11.1 Å². The van der Waals surface area contributed by atoms with E-state index in [9.17, 15) is 13.6 Å². The van der Waals surface area contributed by atoms with Crippen molar-refractivity contribution in [2.45, 2.75) is 12.8 Å². The highest BCUT2D eigenvalue weighted by molar-refractivity contribution is 9.10. The third-order valence-corrected chi connectivity index (χ3v) is 2.44. The Bertz CT molecular complexity index is 366. The second-order valence-electron chi connectivity index (χ2n) is 2.75. The highest BCUT2D eigenvalue weighted by Crippen LogP contribution is 2.21. The highest BCUT2D eigenvalue weighted by atomic mass is 79.9. The quantitative estimate of drug-likeness (QED) is 0.853. The standard InChI is InChI=1S/C9H7BrF2O2/c10-6-4-8(12)7(11)3-5(6)1-2-9(13)14/h3-4H,1-2H2,(H,13,14). The Morgan fingerprint density at radius 1 is 1.36 bits per heavy atom. The number of aliphatic carboxylic acids is 1. The van der Waals surface area contributed by atoms with Crippen LogP contribution in [0.2, 0.25) is 0 Å². The van der Waals surface area contributed by atoms with E-state index in [1.807, 2.05) is 0 Å². The molecule has 1 rings (SSSR count). The number of hydrogen-bond donors (Lipinski definition) is 1. The summed E-state index contributed by atoms with van der Waals surface area (Å²) in [5, 5.41) is 8.41. The number of benzene rings is 1. The summed E-state index contributed by atoms with van der Waals surface area (Å²) in [6.45, 7) is 0. The molecule has 0 radical (unpaired) electrons. The number of carboxylic acid groups (broad SMARTS) is 1. The van der Waals surface area contributed by atoms with Gasteiger partial charge in [-0.2, -0.15) is 0 Å². The number of halogens is 3. The zero-order valence-electron chi connectivity index (χ0n) is 7.06. The van der Waals surface area contributed by atoms with Gasteiger partial charge in [0.2, 0.25) is 0 Å². The SMILES string of the molecule is O=C(O)CCc1cc(F)c(F)cc1Br. The summed E-state index contributed by atoms with van der Waals surface area (Å²) in [6, 6.07) is 1.99. The molecule has 1 N–H and O–H groups in total. The normalized spacial score (nSPS) is 10.2. The van der Waals surface area contributed by atoms with Crippen molar-refractivity contribution in [3.05, 3.63) is 33.8 Å². The van der Waals surface area contributed by atoms with Crippen molar-refractivity contribution in [2.75, 3.05) is 0 Å². The maximum atomic E-state index is 12.7. The van der Waals surface area contributed by atoms with Crippen LogP contribution in [0.3, 0.4) is 0 Å². The Kier molecular flexibility index (Phi) is 3.57. The van der Waals surface area contributed by atoms with Gasteiger partial charge >= 0.3 is 5.97 Å². The Morgan fingerprint density at radius 2 is 1.93 bits per heavy atom. The Morgan fingerprint density at radius 3 is 2.50 bits per heavy atom. The van der Waals surface area contributed by atoms with Crippen molar-refractivity contribution in [1.82, 2.24) is 0 Å². The molecule has 14 heavy (non-hydrogen) atoms. The molecule has 0 unspecified atom stereocenters. The lowest BCUT2D eigenvalue weighted by atomic mass is 10.1. The van der Waals surface area contributed by atoms with Crippen molar-refractivity contribution in [3.8, 4) is 0 Å². The van der Waals surface area contributed by atoms with Gasteiger partial charge in [-0.1, -0.05) is 15.9 Å². The Balaban J connectivity index is 2.87. The molecule has 0 atom stereocenters. The molecule has 5 heteroatoms. The summed E-state index contributed by atoms with van der Waals surface area (Å²) in [6.07, 6.45) is 0.0663. The van der Waals surface area contributed by atoms with Crippen LogP contribution in [0.5, 0.6) is 0 Å². The first-order valence-corrected chi connectivity index (χ1v) is 4.65. The summed E-state index contributed by atoms with van der Waals surface area (Å²) in [4.78, 5) is 10.3. The molecule has 0 bridgehead atoms. The molecule has 0 heterocycles. The minimum Gasteiger partial charge on any atom is -0.481 e. The Labute approximate surface area is 87.7 Å². The van der Waals surface area contributed by atoms with Crippen molar-refractivity contribution in [1.29, 1.82) is 0 Å². The molecule has 1 aromatic rings. The van der Waals surface area contributed by atoms with Gasteiger partial charge in [0, 0.05) is 10.9 Å².